The smallest absolute Gasteiger partial charge is 0.459 e. The Morgan fingerprint density at radius 3 is 2.49 bits per heavy atom. The van der Waals surface area contributed by atoms with Crippen LogP contribution in [-0.4, -0.2) is 63.8 Å². The first-order valence-electron chi connectivity index (χ1n) is 11.1. The number of nitrogens with zero attached hydrogens (tertiary/aromatic N) is 2. The number of hydrogen-bond donors (Lipinski definition) is 4. The average Bonchev–Trinajstić information content (AvgIpc) is 2.83. The van der Waals surface area contributed by atoms with Gasteiger partial charge in [-0.25, -0.2) is 9.36 Å². The first-order valence-corrected chi connectivity index (χ1v) is 12.6. The number of methoxy groups -OCH3 is 1. The van der Waals surface area contributed by atoms with E-state index in [4.69, 9.17) is 30.7 Å². The SMILES string of the molecule is C#C[C@@](O)([C@H](O)[C@@H](COP(=O)(N[C@@H](C)C(=O)OC(C)C)Oc1ccccc1)OC)n1ccc(N)nc1=O. The molecule has 13 nitrogen and oxygen atoms in total. The van der Waals surface area contributed by atoms with Crippen LogP contribution in [0.1, 0.15) is 20.8 Å². The third-order valence-electron chi connectivity index (χ3n) is 4.91. The van der Waals surface area contributed by atoms with E-state index in [0.29, 0.717) is 4.57 Å². The number of anilines is 1. The molecule has 0 aliphatic rings. The lowest BCUT2D eigenvalue weighted by molar-refractivity contribution is -0.154. The van der Waals surface area contributed by atoms with Gasteiger partial charge < -0.3 is 29.9 Å². The Kier molecular flexibility index (Phi) is 10.4. The Morgan fingerprint density at radius 2 is 1.95 bits per heavy atom. The molecule has 1 heterocycles. The summed E-state index contributed by atoms with van der Waals surface area (Å²) in [6.07, 6.45) is 2.64. The lowest BCUT2D eigenvalue weighted by Gasteiger charge is -2.34. The van der Waals surface area contributed by atoms with E-state index in [1.807, 2.05) is 5.92 Å². The summed E-state index contributed by atoms with van der Waals surface area (Å²) in [4.78, 5) is 28.0. The van der Waals surface area contributed by atoms with Gasteiger partial charge in [0.1, 0.15) is 29.8 Å². The molecule has 14 heteroatoms. The van der Waals surface area contributed by atoms with Crippen molar-refractivity contribution in [3.63, 3.8) is 0 Å². The summed E-state index contributed by atoms with van der Waals surface area (Å²) in [6, 6.07) is 8.06. The van der Waals surface area contributed by atoms with E-state index < -0.39 is 56.1 Å². The Bertz CT molecular complexity index is 1200. The van der Waals surface area contributed by atoms with Gasteiger partial charge in [-0.1, -0.05) is 18.2 Å². The first kappa shape index (κ1) is 30.0. The number of para-hydroxylation sites is 1. The monoisotopic (exact) mass is 538 g/mol. The molecule has 0 aliphatic carbocycles. The van der Waals surface area contributed by atoms with Gasteiger partial charge in [0, 0.05) is 13.3 Å². The maximum Gasteiger partial charge on any atom is 0.459 e. The van der Waals surface area contributed by atoms with Crippen molar-refractivity contribution in [2.75, 3.05) is 19.5 Å². The number of rotatable bonds is 13. The van der Waals surface area contributed by atoms with Gasteiger partial charge >= 0.3 is 19.4 Å². The number of aliphatic hydroxyl groups excluding tert-OH is 1. The zero-order chi connectivity index (χ0) is 27.8. The highest BCUT2D eigenvalue weighted by Gasteiger charge is 2.44. The summed E-state index contributed by atoms with van der Waals surface area (Å²) < 4.78 is 35.6. The van der Waals surface area contributed by atoms with Crippen LogP contribution in [0.4, 0.5) is 5.82 Å². The van der Waals surface area contributed by atoms with Crippen molar-refractivity contribution >= 4 is 19.5 Å². The highest BCUT2D eigenvalue weighted by molar-refractivity contribution is 7.52. The third-order valence-corrected chi connectivity index (χ3v) is 6.55. The van der Waals surface area contributed by atoms with Gasteiger partial charge in [-0.3, -0.25) is 13.9 Å². The van der Waals surface area contributed by atoms with Gasteiger partial charge in [-0.15, -0.1) is 6.42 Å². The first-order chi connectivity index (χ1) is 17.3. The fourth-order valence-corrected chi connectivity index (χ4v) is 4.53. The molecule has 1 aromatic heterocycles. The number of nitrogen functional groups attached to an aromatic ring is 1. The minimum absolute atomic E-state index is 0.128. The van der Waals surface area contributed by atoms with E-state index in [2.05, 4.69) is 10.1 Å². The predicted octanol–water partition coefficient (Wildman–Crippen LogP) is 0.613. The average molecular weight is 538 g/mol. The molecule has 0 saturated heterocycles. The van der Waals surface area contributed by atoms with Crippen molar-refractivity contribution in [3.8, 4) is 18.1 Å². The van der Waals surface area contributed by atoms with Gasteiger partial charge in [-0.05, 0) is 44.9 Å². The van der Waals surface area contributed by atoms with E-state index in [0.717, 1.165) is 13.3 Å². The lowest BCUT2D eigenvalue weighted by Crippen LogP contribution is -2.55. The van der Waals surface area contributed by atoms with Gasteiger partial charge in [0.2, 0.25) is 5.72 Å². The minimum atomic E-state index is -4.32. The van der Waals surface area contributed by atoms with Crippen LogP contribution >= 0.6 is 7.75 Å². The van der Waals surface area contributed by atoms with E-state index in [-0.39, 0.29) is 11.6 Å². The third kappa shape index (κ3) is 7.87. The molecular formula is C23H31N4O9P. The highest BCUT2D eigenvalue weighted by atomic mass is 31.2. The minimum Gasteiger partial charge on any atom is -0.462 e. The van der Waals surface area contributed by atoms with Crippen molar-refractivity contribution in [3.05, 3.63) is 53.1 Å². The van der Waals surface area contributed by atoms with Crippen LogP contribution in [0, 0.1) is 12.3 Å². The predicted molar refractivity (Wildman–Crippen MR) is 133 cm³/mol. The number of aromatic nitrogens is 2. The Morgan fingerprint density at radius 1 is 1.30 bits per heavy atom. The molecule has 1 aromatic carbocycles. The lowest BCUT2D eigenvalue weighted by atomic mass is 10.0. The number of aliphatic hydroxyl groups is 2. The summed E-state index contributed by atoms with van der Waals surface area (Å²) >= 11 is 0. The molecule has 0 saturated carbocycles. The number of carbonyl (C=O) groups is 1. The quantitative estimate of drug-likeness (QED) is 0.159. The van der Waals surface area contributed by atoms with Crippen molar-refractivity contribution < 1.29 is 38.1 Å². The van der Waals surface area contributed by atoms with Crippen LogP contribution < -0.4 is 21.0 Å². The van der Waals surface area contributed by atoms with Crippen LogP contribution in [0.25, 0.3) is 0 Å². The van der Waals surface area contributed by atoms with Crippen LogP contribution in [-0.2, 0) is 29.1 Å². The summed E-state index contributed by atoms with van der Waals surface area (Å²) in [5, 5.41) is 24.4. The van der Waals surface area contributed by atoms with Gasteiger partial charge in [0.15, 0.2) is 0 Å². The second-order valence-electron chi connectivity index (χ2n) is 8.13. The van der Waals surface area contributed by atoms with Crippen LogP contribution in [0.5, 0.6) is 5.75 Å². The zero-order valence-electron chi connectivity index (χ0n) is 20.8. The van der Waals surface area contributed by atoms with E-state index in [1.54, 1.807) is 32.0 Å². The normalized spacial score (nSPS) is 17.0. The number of terminal acetylenes is 1. The maximum atomic E-state index is 13.6. The van der Waals surface area contributed by atoms with Gasteiger partial charge in [0.05, 0.1) is 12.7 Å². The molecule has 0 bridgehead atoms. The molecule has 0 amide bonds. The van der Waals surface area contributed by atoms with Crippen molar-refractivity contribution in [2.24, 2.45) is 0 Å². The standard InChI is InChI=1S/C23H31N4O9P/c1-6-23(31,27-13-12-19(24)25-22(27)30)20(28)18(33-5)14-34-37(32,36-17-10-8-7-9-11-17)26-16(4)21(29)35-15(2)3/h1,7-13,15-16,18,20,28,31H,14H2,2-5H3,(H,26,32)(H2,24,25,30)/t16-,18+,20+,23+,37?/m0/s1. The molecular weight excluding hydrogens is 507 g/mol. The number of nitrogens with one attached hydrogen (secondary N) is 1. The Labute approximate surface area is 214 Å². The summed E-state index contributed by atoms with van der Waals surface area (Å²) in [7, 11) is -3.16. The summed E-state index contributed by atoms with van der Waals surface area (Å²) in [5.74, 6) is 1.26. The molecule has 0 radical (unpaired) electrons. The zero-order valence-corrected chi connectivity index (χ0v) is 21.7. The number of hydrogen-bond acceptors (Lipinski definition) is 11. The summed E-state index contributed by atoms with van der Waals surface area (Å²) in [5.41, 5.74) is 1.79. The van der Waals surface area contributed by atoms with Crippen molar-refractivity contribution in [2.45, 2.75) is 50.8 Å². The molecule has 0 spiro atoms. The van der Waals surface area contributed by atoms with Crippen LogP contribution in [0.3, 0.4) is 0 Å². The second kappa shape index (κ2) is 12.8. The number of ether oxygens (including phenoxy) is 2. The molecule has 5 atom stereocenters. The van der Waals surface area contributed by atoms with Crippen LogP contribution in [0.2, 0.25) is 0 Å². The largest absolute Gasteiger partial charge is 0.462 e. The van der Waals surface area contributed by atoms with E-state index in [1.165, 1.54) is 25.1 Å². The fourth-order valence-electron chi connectivity index (χ4n) is 3.03. The molecule has 0 fully saturated rings. The molecule has 2 rings (SSSR count). The maximum absolute atomic E-state index is 13.6. The van der Waals surface area contributed by atoms with Gasteiger partial charge in [-0.2, -0.15) is 10.1 Å². The second-order valence-corrected chi connectivity index (χ2v) is 9.82. The topological polar surface area (TPSA) is 184 Å². The fraction of sp³-hybridized carbons (Fsp3) is 0.435. The molecule has 2 aromatic rings. The molecule has 5 N–H and O–H groups in total. The van der Waals surface area contributed by atoms with Gasteiger partial charge in [0.25, 0.3) is 0 Å². The molecule has 1 unspecified atom stereocenters. The van der Waals surface area contributed by atoms with E-state index >= 15 is 0 Å². The van der Waals surface area contributed by atoms with Crippen molar-refractivity contribution in [1.29, 1.82) is 0 Å². The number of carbonyl (C=O) groups excluding carboxylic acids is 1. The molecule has 37 heavy (non-hydrogen) atoms. The number of benzene rings is 1. The van der Waals surface area contributed by atoms with Crippen LogP contribution in [0.15, 0.2) is 47.4 Å². The van der Waals surface area contributed by atoms with Crippen molar-refractivity contribution in [1.82, 2.24) is 14.6 Å². The van der Waals surface area contributed by atoms with E-state index in [9.17, 15) is 24.4 Å². The number of nitrogens with two attached hydrogens (primary N) is 1. The molecule has 202 valence electrons. The molecule has 0 aliphatic heterocycles. The Hall–Kier alpha value is -3.24. The Balaban J connectivity index is 2.30. The highest BCUT2D eigenvalue weighted by Crippen LogP contribution is 2.45. The summed E-state index contributed by atoms with van der Waals surface area (Å²) in [6.45, 7) is 4.04. The number of esters is 1.